The Morgan fingerprint density at radius 1 is 1.03 bits per heavy atom. The first-order valence-electron chi connectivity index (χ1n) is 9.60. The molecule has 0 saturated heterocycles. The van der Waals surface area contributed by atoms with Gasteiger partial charge in [-0.15, -0.1) is 0 Å². The number of carbonyl (C=O) groups is 5. The lowest BCUT2D eigenvalue weighted by atomic mass is 10.1. The fraction of sp³-hybridized carbons (Fsp3) is 0.550. The minimum Gasteiger partial charge on any atom is -0.462 e. The van der Waals surface area contributed by atoms with Crippen molar-refractivity contribution >= 4 is 35.4 Å². The fourth-order valence-electron chi connectivity index (χ4n) is 2.49. The van der Waals surface area contributed by atoms with Gasteiger partial charge in [-0.2, -0.15) is 0 Å². The Bertz CT molecular complexity index is 810. The molecule has 0 fully saturated rings. The van der Waals surface area contributed by atoms with Gasteiger partial charge in [-0.05, 0) is 33.1 Å². The van der Waals surface area contributed by atoms with Crippen LogP contribution < -0.4 is 10.6 Å². The number of aryl methyl sites for hydroxylation is 1. The molecule has 0 aliphatic heterocycles. The summed E-state index contributed by atoms with van der Waals surface area (Å²) in [4.78, 5) is 59.4. The largest absolute Gasteiger partial charge is 0.462 e. The number of carbonyl (C=O) groups excluding carboxylic acids is 5. The molecule has 10 heteroatoms. The van der Waals surface area contributed by atoms with Crippen molar-refractivity contribution in [1.82, 2.24) is 5.32 Å². The molecule has 30 heavy (non-hydrogen) atoms. The Morgan fingerprint density at radius 3 is 2.27 bits per heavy atom. The summed E-state index contributed by atoms with van der Waals surface area (Å²) in [5.74, 6) is -2.89. The highest BCUT2D eigenvalue weighted by Gasteiger charge is 2.28. The monoisotopic (exact) mass is 424 g/mol. The molecule has 0 atom stereocenters. The second-order valence-corrected chi connectivity index (χ2v) is 6.93. The van der Waals surface area contributed by atoms with E-state index in [0.717, 1.165) is 0 Å². The van der Waals surface area contributed by atoms with Gasteiger partial charge in [-0.1, -0.05) is 13.8 Å². The third-order valence-corrected chi connectivity index (χ3v) is 3.91. The molecule has 2 N–H and O–H groups in total. The number of hydrogen-bond donors (Lipinski definition) is 2. The van der Waals surface area contributed by atoms with Crippen LogP contribution in [0.1, 0.15) is 67.0 Å². The molecule has 0 aliphatic rings. The number of hydrogen-bond acceptors (Lipinski definition) is 8. The zero-order valence-corrected chi connectivity index (χ0v) is 17.9. The summed E-state index contributed by atoms with van der Waals surface area (Å²) >= 11 is 0. The minimum atomic E-state index is -0.823. The highest BCUT2D eigenvalue weighted by molar-refractivity contribution is 6.10. The number of furan rings is 1. The van der Waals surface area contributed by atoms with Gasteiger partial charge in [-0.25, -0.2) is 4.79 Å². The van der Waals surface area contributed by atoms with E-state index in [1.165, 1.54) is 13.8 Å². The van der Waals surface area contributed by atoms with Gasteiger partial charge in [0, 0.05) is 6.42 Å². The zero-order chi connectivity index (χ0) is 22.8. The molecule has 0 radical (unpaired) electrons. The highest BCUT2D eigenvalue weighted by atomic mass is 16.5. The number of rotatable bonds is 11. The van der Waals surface area contributed by atoms with Crippen LogP contribution in [0, 0.1) is 12.8 Å². The van der Waals surface area contributed by atoms with E-state index in [1.54, 1.807) is 6.92 Å². The van der Waals surface area contributed by atoms with Crippen LogP contribution in [0.5, 0.6) is 0 Å². The van der Waals surface area contributed by atoms with Gasteiger partial charge in [0.2, 0.25) is 11.8 Å². The van der Waals surface area contributed by atoms with Gasteiger partial charge in [0.25, 0.3) is 5.91 Å². The molecule has 166 valence electrons. The molecule has 1 aromatic heterocycles. The summed E-state index contributed by atoms with van der Waals surface area (Å²) in [5, 5.41) is 4.71. The molecule has 0 unspecified atom stereocenters. The lowest BCUT2D eigenvalue weighted by molar-refractivity contribution is -0.147. The maximum Gasteiger partial charge on any atom is 0.344 e. The quantitative estimate of drug-likeness (QED) is 0.406. The predicted octanol–water partition coefficient (Wildman–Crippen LogP) is 2.00. The summed E-state index contributed by atoms with van der Waals surface area (Å²) in [6.07, 6.45) is 0.981. The lowest BCUT2D eigenvalue weighted by Gasteiger charge is -2.08. The van der Waals surface area contributed by atoms with Crippen LogP contribution in [-0.2, 0) is 23.9 Å². The summed E-state index contributed by atoms with van der Waals surface area (Å²) in [5.41, 5.74) is -0.191. The van der Waals surface area contributed by atoms with Crippen LogP contribution in [0.15, 0.2) is 4.42 Å². The van der Waals surface area contributed by atoms with Crippen molar-refractivity contribution < 1.29 is 37.9 Å². The summed E-state index contributed by atoms with van der Waals surface area (Å²) in [6.45, 7) is 7.30. The topological polar surface area (TPSA) is 141 Å². The molecule has 0 aliphatic carbocycles. The van der Waals surface area contributed by atoms with Gasteiger partial charge in [0.05, 0.1) is 12.2 Å². The van der Waals surface area contributed by atoms with Crippen LogP contribution in [-0.4, -0.2) is 49.3 Å². The predicted molar refractivity (Wildman–Crippen MR) is 106 cm³/mol. The van der Waals surface area contributed by atoms with Gasteiger partial charge >= 0.3 is 11.9 Å². The highest BCUT2D eigenvalue weighted by Crippen LogP contribution is 2.28. The first-order chi connectivity index (χ1) is 14.1. The van der Waals surface area contributed by atoms with Crippen LogP contribution in [0.4, 0.5) is 5.88 Å². The Morgan fingerprint density at radius 2 is 1.70 bits per heavy atom. The molecule has 2 amide bonds. The Kier molecular flexibility index (Phi) is 9.73. The number of ether oxygens (including phenoxy) is 2. The molecular weight excluding hydrogens is 396 g/mol. The zero-order valence-electron chi connectivity index (χ0n) is 17.9. The molecule has 0 saturated carbocycles. The van der Waals surface area contributed by atoms with Crippen molar-refractivity contribution in [3.8, 4) is 0 Å². The summed E-state index contributed by atoms with van der Waals surface area (Å²) < 4.78 is 15.0. The van der Waals surface area contributed by atoms with E-state index in [0.29, 0.717) is 18.8 Å². The van der Waals surface area contributed by atoms with Gasteiger partial charge in [-0.3, -0.25) is 24.5 Å². The third kappa shape index (κ3) is 7.69. The molecule has 0 bridgehead atoms. The van der Waals surface area contributed by atoms with Gasteiger partial charge < -0.3 is 19.2 Å². The molecule has 0 spiro atoms. The molecule has 1 aromatic rings. The standard InChI is InChI=1S/C20H28N2O8/c1-6-28-20(27)18-17(12(4)23)13(5)30-19(18)22-15(25)10-29-16(26)9-21-14(24)8-7-11(2)3/h11H,6-10H2,1-5H3,(H,21,24)(H,22,25). The van der Waals surface area contributed by atoms with Crippen LogP contribution in [0.3, 0.4) is 0 Å². The normalized spacial score (nSPS) is 10.5. The Labute approximate surface area is 174 Å². The maximum atomic E-state index is 12.2. The van der Waals surface area contributed by atoms with E-state index in [2.05, 4.69) is 10.6 Å². The number of ketones is 1. The average Bonchev–Trinajstić information content (AvgIpc) is 2.99. The lowest BCUT2D eigenvalue weighted by Crippen LogP contribution is -2.32. The van der Waals surface area contributed by atoms with Crippen molar-refractivity contribution in [2.45, 2.75) is 47.5 Å². The SMILES string of the molecule is CCOC(=O)c1c(NC(=O)COC(=O)CNC(=O)CCC(C)C)oc(C)c1C(C)=O. The summed E-state index contributed by atoms with van der Waals surface area (Å²) in [7, 11) is 0. The molecular formula is C20H28N2O8. The van der Waals surface area contributed by atoms with E-state index in [4.69, 9.17) is 13.9 Å². The first-order valence-corrected chi connectivity index (χ1v) is 9.60. The number of amides is 2. The molecule has 10 nitrogen and oxygen atoms in total. The van der Waals surface area contributed by atoms with Crippen LogP contribution in [0.25, 0.3) is 0 Å². The summed E-state index contributed by atoms with van der Waals surface area (Å²) in [6, 6.07) is 0. The van der Waals surface area contributed by atoms with Crippen LogP contribution in [0.2, 0.25) is 0 Å². The smallest absolute Gasteiger partial charge is 0.344 e. The number of anilines is 1. The molecule has 1 heterocycles. The van der Waals surface area contributed by atoms with Crippen molar-refractivity contribution in [2.75, 3.05) is 25.1 Å². The van der Waals surface area contributed by atoms with E-state index in [-0.39, 0.29) is 41.8 Å². The van der Waals surface area contributed by atoms with Gasteiger partial charge in [0.1, 0.15) is 17.9 Å². The van der Waals surface area contributed by atoms with E-state index in [1.807, 2.05) is 13.8 Å². The average molecular weight is 424 g/mol. The van der Waals surface area contributed by atoms with Gasteiger partial charge in [0.15, 0.2) is 12.4 Å². The number of Topliss-reactive ketones (excluding diaryl/α,β-unsaturated/α-hetero) is 1. The fourth-order valence-corrected chi connectivity index (χ4v) is 2.49. The first kappa shape index (κ1) is 24.9. The molecule has 1 rings (SSSR count). The second kappa shape index (κ2) is 11.7. The third-order valence-electron chi connectivity index (χ3n) is 3.91. The molecule has 0 aromatic carbocycles. The van der Waals surface area contributed by atoms with E-state index in [9.17, 15) is 24.0 Å². The van der Waals surface area contributed by atoms with Crippen molar-refractivity contribution in [1.29, 1.82) is 0 Å². The maximum absolute atomic E-state index is 12.2. The Balaban J connectivity index is 2.66. The van der Waals surface area contributed by atoms with Crippen molar-refractivity contribution in [3.05, 3.63) is 16.9 Å². The minimum absolute atomic E-state index is 0.00450. The Hall–Kier alpha value is -3.17. The van der Waals surface area contributed by atoms with Crippen LogP contribution >= 0.6 is 0 Å². The second-order valence-electron chi connectivity index (χ2n) is 6.93. The van der Waals surface area contributed by atoms with Crippen molar-refractivity contribution in [2.24, 2.45) is 5.92 Å². The van der Waals surface area contributed by atoms with E-state index >= 15 is 0 Å². The number of nitrogens with one attached hydrogen (secondary N) is 2. The van der Waals surface area contributed by atoms with E-state index < -0.39 is 30.2 Å². The van der Waals surface area contributed by atoms with Crippen molar-refractivity contribution in [3.63, 3.8) is 0 Å². The number of esters is 2.